The fourth-order valence-electron chi connectivity index (χ4n) is 1.30. The van der Waals surface area contributed by atoms with Gasteiger partial charge in [0.1, 0.15) is 0 Å². The molecule has 0 aromatic heterocycles. The maximum Gasteiger partial charge on any atom is 0.156 e. The van der Waals surface area contributed by atoms with Crippen LogP contribution in [0.25, 0.3) is 0 Å². The number of nitrogens with zero attached hydrogens (tertiary/aromatic N) is 1. The Labute approximate surface area is 77.6 Å². The molecule has 5 nitrogen and oxygen atoms in total. The predicted octanol–water partition coefficient (Wildman–Crippen LogP) is -0.374. The molecule has 1 aliphatic carbocycles. The third-order valence-electron chi connectivity index (χ3n) is 2.58. The van der Waals surface area contributed by atoms with Gasteiger partial charge in [-0.05, 0) is 26.2 Å². The minimum atomic E-state index is -0.565. The number of oxime groups is 1. The van der Waals surface area contributed by atoms with Gasteiger partial charge < -0.3 is 21.4 Å². The summed E-state index contributed by atoms with van der Waals surface area (Å²) in [6.07, 6.45) is 2.75. The molecule has 5 heteroatoms. The van der Waals surface area contributed by atoms with Crippen molar-refractivity contribution >= 4 is 5.84 Å². The van der Waals surface area contributed by atoms with E-state index < -0.39 is 5.60 Å². The summed E-state index contributed by atoms with van der Waals surface area (Å²) in [7, 11) is 0. The van der Waals surface area contributed by atoms with Crippen LogP contribution in [-0.4, -0.2) is 34.3 Å². The molecule has 0 aromatic rings. The number of nitrogens with one attached hydrogen (secondary N) is 1. The maximum absolute atomic E-state index is 9.71. The number of rotatable bonds is 4. The van der Waals surface area contributed by atoms with Crippen LogP contribution >= 0.6 is 0 Å². The first kappa shape index (κ1) is 10.3. The molecule has 0 aliphatic heterocycles. The van der Waals surface area contributed by atoms with Crippen LogP contribution < -0.4 is 11.1 Å². The van der Waals surface area contributed by atoms with Crippen molar-refractivity contribution in [3.63, 3.8) is 0 Å². The van der Waals surface area contributed by atoms with Gasteiger partial charge in [-0.1, -0.05) is 5.16 Å². The molecule has 0 saturated heterocycles. The van der Waals surface area contributed by atoms with Gasteiger partial charge in [0.2, 0.25) is 0 Å². The molecule has 1 atom stereocenters. The summed E-state index contributed by atoms with van der Waals surface area (Å²) < 4.78 is 0. The van der Waals surface area contributed by atoms with E-state index in [1.54, 1.807) is 6.92 Å². The van der Waals surface area contributed by atoms with E-state index in [4.69, 9.17) is 10.9 Å². The number of hydrogen-bond acceptors (Lipinski definition) is 4. The molecule has 1 unspecified atom stereocenters. The Hall–Kier alpha value is -0.810. The number of amidine groups is 1. The Balaban J connectivity index is 2.25. The smallest absolute Gasteiger partial charge is 0.156 e. The molecule has 0 aromatic carbocycles. The first-order valence-electron chi connectivity index (χ1n) is 4.50. The van der Waals surface area contributed by atoms with E-state index in [9.17, 15) is 5.11 Å². The average Bonchev–Trinajstić information content (AvgIpc) is 2.09. The second-order valence-corrected chi connectivity index (χ2v) is 3.71. The van der Waals surface area contributed by atoms with Crippen molar-refractivity contribution in [2.75, 3.05) is 6.54 Å². The van der Waals surface area contributed by atoms with Crippen molar-refractivity contribution < 1.29 is 10.3 Å². The minimum Gasteiger partial charge on any atom is -0.409 e. The lowest BCUT2D eigenvalue weighted by atomic mass is 9.80. The molecule has 0 heterocycles. The van der Waals surface area contributed by atoms with Crippen molar-refractivity contribution in [2.45, 2.75) is 37.8 Å². The Kier molecular flexibility index (Phi) is 3.11. The van der Waals surface area contributed by atoms with Gasteiger partial charge in [0.15, 0.2) is 5.84 Å². The number of hydrogen-bond donors (Lipinski definition) is 4. The van der Waals surface area contributed by atoms with Gasteiger partial charge in [-0.25, -0.2) is 0 Å². The maximum atomic E-state index is 9.71. The van der Waals surface area contributed by atoms with Crippen LogP contribution in [0.15, 0.2) is 5.16 Å². The SMILES string of the molecule is CC(NCC1(O)CCC1)C(N)=NO. The molecule has 1 rings (SSSR count). The lowest BCUT2D eigenvalue weighted by Crippen LogP contribution is -2.51. The van der Waals surface area contributed by atoms with E-state index in [2.05, 4.69) is 10.5 Å². The lowest BCUT2D eigenvalue weighted by molar-refractivity contribution is -0.0317. The lowest BCUT2D eigenvalue weighted by Gasteiger charge is -2.37. The normalized spacial score (nSPS) is 23.7. The fraction of sp³-hybridized carbons (Fsp3) is 0.875. The van der Waals surface area contributed by atoms with Gasteiger partial charge in [-0.3, -0.25) is 0 Å². The molecular weight excluding hydrogens is 170 g/mol. The van der Waals surface area contributed by atoms with Crippen LogP contribution in [0.5, 0.6) is 0 Å². The second-order valence-electron chi connectivity index (χ2n) is 3.71. The van der Waals surface area contributed by atoms with E-state index in [1.807, 2.05) is 0 Å². The Morgan fingerprint density at radius 1 is 1.69 bits per heavy atom. The van der Waals surface area contributed by atoms with Crippen molar-refractivity contribution in [1.82, 2.24) is 5.32 Å². The molecule has 0 spiro atoms. The summed E-state index contributed by atoms with van der Waals surface area (Å²) >= 11 is 0. The molecule has 0 radical (unpaired) electrons. The van der Waals surface area contributed by atoms with E-state index in [0.717, 1.165) is 19.3 Å². The molecule has 1 saturated carbocycles. The summed E-state index contributed by atoms with van der Waals surface area (Å²) in [6, 6.07) is -0.199. The van der Waals surface area contributed by atoms with Crippen LogP contribution in [0, 0.1) is 0 Å². The highest BCUT2D eigenvalue weighted by Crippen LogP contribution is 2.30. The van der Waals surface area contributed by atoms with Gasteiger partial charge >= 0.3 is 0 Å². The van der Waals surface area contributed by atoms with Crippen molar-refractivity contribution in [2.24, 2.45) is 10.9 Å². The fourth-order valence-corrected chi connectivity index (χ4v) is 1.30. The van der Waals surface area contributed by atoms with Crippen molar-refractivity contribution in [1.29, 1.82) is 0 Å². The Morgan fingerprint density at radius 3 is 2.69 bits per heavy atom. The van der Waals surface area contributed by atoms with Gasteiger partial charge in [0.25, 0.3) is 0 Å². The van der Waals surface area contributed by atoms with E-state index in [1.165, 1.54) is 0 Å². The Bertz CT molecular complexity index is 202. The van der Waals surface area contributed by atoms with E-state index >= 15 is 0 Å². The van der Waals surface area contributed by atoms with Gasteiger partial charge in [-0.15, -0.1) is 0 Å². The number of nitrogens with two attached hydrogens (primary N) is 1. The minimum absolute atomic E-state index is 0.142. The predicted molar refractivity (Wildman–Crippen MR) is 49.7 cm³/mol. The van der Waals surface area contributed by atoms with Gasteiger partial charge in [0.05, 0.1) is 11.6 Å². The third-order valence-corrected chi connectivity index (χ3v) is 2.58. The van der Waals surface area contributed by atoms with Crippen LogP contribution in [-0.2, 0) is 0 Å². The van der Waals surface area contributed by atoms with Crippen molar-refractivity contribution in [3.05, 3.63) is 0 Å². The monoisotopic (exact) mass is 187 g/mol. The summed E-state index contributed by atoms with van der Waals surface area (Å²) in [4.78, 5) is 0. The molecule has 5 N–H and O–H groups in total. The zero-order chi connectivity index (χ0) is 9.90. The summed E-state index contributed by atoms with van der Waals surface area (Å²) in [5.41, 5.74) is 4.80. The molecular formula is C8H17N3O2. The summed E-state index contributed by atoms with van der Waals surface area (Å²) in [5.74, 6) is 0.142. The second kappa shape index (κ2) is 3.93. The van der Waals surface area contributed by atoms with Crippen LogP contribution in [0.4, 0.5) is 0 Å². The first-order chi connectivity index (χ1) is 6.07. The molecule has 1 aliphatic rings. The van der Waals surface area contributed by atoms with Crippen LogP contribution in [0.1, 0.15) is 26.2 Å². The largest absolute Gasteiger partial charge is 0.409 e. The van der Waals surface area contributed by atoms with E-state index in [0.29, 0.717) is 6.54 Å². The summed E-state index contributed by atoms with van der Waals surface area (Å²) in [5, 5.41) is 24.0. The zero-order valence-corrected chi connectivity index (χ0v) is 7.82. The third kappa shape index (κ3) is 2.57. The van der Waals surface area contributed by atoms with E-state index in [-0.39, 0.29) is 11.9 Å². The standard InChI is InChI=1S/C8H17N3O2/c1-6(7(9)11-13)10-5-8(12)3-2-4-8/h6,10,12-13H,2-5H2,1H3,(H2,9,11). The quantitative estimate of drug-likeness (QED) is 0.209. The van der Waals surface area contributed by atoms with Crippen LogP contribution in [0.3, 0.4) is 0 Å². The average molecular weight is 187 g/mol. The zero-order valence-electron chi connectivity index (χ0n) is 7.82. The highest BCUT2D eigenvalue weighted by Gasteiger charge is 2.34. The molecule has 76 valence electrons. The van der Waals surface area contributed by atoms with Crippen molar-refractivity contribution in [3.8, 4) is 0 Å². The van der Waals surface area contributed by atoms with Gasteiger partial charge in [-0.2, -0.15) is 0 Å². The Morgan fingerprint density at radius 2 is 2.31 bits per heavy atom. The van der Waals surface area contributed by atoms with Crippen LogP contribution in [0.2, 0.25) is 0 Å². The summed E-state index contributed by atoms with van der Waals surface area (Å²) in [6.45, 7) is 2.29. The molecule has 0 amide bonds. The topological polar surface area (TPSA) is 90.9 Å². The molecule has 1 fully saturated rings. The first-order valence-corrected chi connectivity index (χ1v) is 4.50. The molecule has 0 bridgehead atoms. The van der Waals surface area contributed by atoms with Gasteiger partial charge in [0, 0.05) is 6.54 Å². The highest BCUT2D eigenvalue weighted by atomic mass is 16.4. The number of aliphatic hydroxyl groups is 1. The highest BCUT2D eigenvalue weighted by molar-refractivity contribution is 5.84. The molecule has 13 heavy (non-hydrogen) atoms.